The lowest BCUT2D eigenvalue weighted by molar-refractivity contribution is 0.660. The van der Waals surface area contributed by atoms with Gasteiger partial charge in [0.1, 0.15) is 0 Å². The molecule has 48 heavy (non-hydrogen) atoms. The monoisotopic (exact) mass is 614 g/mol. The predicted molar refractivity (Wildman–Crippen MR) is 203 cm³/mol. The predicted octanol–water partition coefficient (Wildman–Crippen LogP) is 13.0. The number of hydrogen-bond donors (Lipinski definition) is 0. The van der Waals surface area contributed by atoms with Crippen molar-refractivity contribution in [3.63, 3.8) is 0 Å². The fraction of sp³-hybridized carbons (Fsp3) is 0.125. The summed E-state index contributed by atoms with van der Waals surface area (Å²) in [6.07, 6.45) is 0. The third-order valence-corrected chi connectivity index (χ3v) is 11.1. The minimum absolute atomic E-state index is 0.0339. The summed E-state index contributed by atoms with van der Waals surface area (Å²) >= 11 is 0. The summed E-state index contributed by atoms with van der Waals surface area (Å²) in [7, 11) is 0. The molecular formula is C48H38. The molecule has 0 saturated carbocycles. The molecule has 0 radical (unpaired) electrons. The topological polar surface area (TPSA) is 0 Å². The average molecular weight is 615 g/mol. The summed E-state index contributed by atoms with van der Waals surface area (Å²) in [5, 5.41) is 0. The van der Waals surface area contributed by atoms with Crippen molar-refractivity contribution in [3.05, 3.63) is 180 Å². The number of benzene rings is 7. The van der Waals surface area contributed by atoms with E-state index in [1.165, 1.54) is 89.0 Å². The summed E-state index contributed by atoms with van der Waals surface area (Å²) in [6.45, 7) is 9.43. The van der Waals surface area contributed by atoms with Crippen LogP contribution < -0.4 is 0 Å². The number of hydrogen-bond acceptors (Lipinski definition) is 0. The first kappa shape index (κ1) is 28.7. The van der Waals surface area contributed by atoms with Crippen LogP contribution in [0.2, 0.25) is 0 Å². The zero-order valence-corrected chi connectivity index (χ0v) is 28.0. The van der Waals surface area contributed by atoms with Crippen molar-refractivity contribution in [1.82, 2.24) is 0 Å². The zero-order valence-electron chi connectivity index (χ0n) is 28.0. The molecule has 0 spiro atoms. The summed E-state index contributed by atoms with van der Waals surface area (Å²) in [5.41, 5.74) is 21.1. The normalized spacial score (nSPS) is 14.6. The van der Waals surface area contributed by atoms with Gasteiger partial charge in [0.05, 0.1) is 0 Å². The van der Waals surface area contributed by atoms with Gasteiger partial charge in [-0.1, -0.05) is 179 Å². The van der Waals surface area contributed by atoms with Crippen LogP contribution in [0.3, 0.4) is 0 Å². The van der Waals surface area contributed by atoms with Gasteiger partial charge >= 0.3 is 0 Å². The highest BCUT2D eigenvalue weighted by Gasteiger charge is 2.38. The van der Waals surface area contributed by atoms with Crippen LogP contribution >= 0.6 is 0 Å². The highest BCUT2D eigenvalue weighted by molar-refractivity contribution is 5.99. The molecule has 0 atom stereocenters. The van der Waals surface area contributed by atoms with Crippen LogP contribution in [-0.2, 0) is 10.8 Å². The molecule has 2 aliphatic rings. The van der Waals surface area contributed by atoms with Gasteiger partial charge in [0.25, 0.3) is 0 Å². The third-order valence-electron chi connectivity index (χ3n) is 11.1. The second kappa shape index (κ2) is 10.5. The van der Waals surface area contributed by atoms with Crippen LogP contribution in [0.5, 0.6) is 0 Å². The van der Waals surface area contributed by atoms with Crippen molar-refractivity contribution in [2.24, 2.45) is 0 Å². The minimum atomic E-state index is -0.0339. The Morgan fingerprint density at radius 2 is 0.583 bits per heavy atom. The van der Waals surface area contributed by atoms with E-state index >= 15 is 0 Å². The smallest absolute Gasteiger partial charge is 0.0159 e. The molecule has 0 heteroatoms. The van der Waals surface area contributed by atoms with Crippen molar-refractivity contribution < 1.29 is 0 Å². The number of fused-ring (bicyclic) bond motifs is 6. The van der Waals surface area contributed by atoms with Gasteiger partial charge in [0.2, 0.25) is 0 Å². The van der Waals surface area contributed by atoms with E-state index in [2.05, 4.69) is 185 Å². The quantitative estimate of drug-likeness (QED) is 0.185. The van der Waals surface area contributed by atoms with Gasteiger partial charge in [0.15, 0.2) is 0 Å². The van der Waals surface area contributed by atoms with Crippen molar-refractivity contribution >= 4 is 0 Å². The maximum absolute atomic E-state index is 2.39. The van der Waals surface area contributed by atoms with Crippen LogP contribution in [0.4, 0.5) is 0 Å². The molecule has 0 nitrogen and oxygen atoms in total. The molecule has 0 amide bonds. The fourth-order valence-electron chi connectivity index (χ4n) is 8.75. The Hall–Kier alpha value is -5.46. The molecular weight excluding hydrogens is 577 g/mol. The molecule has 7 aromatic rings. The van der Waals surface area contributed by atoms with Gasteiger partial charge in [-0.3, -0.25) is 0 Å². The maximum Gasteiger partial charge on any atom is 0.0159 e. The lowest BCUT2D eigenvalue weighted by Crippen LogP contribution is -2.14. The summed E-state index contributed by atoms with van der Waals surface area (Å²) < 4.78 is 0. The second-order valence-electron chi connectivity index (χ2n) is 14.5. The summed E-state index contributed by atoms with van der Waals surface area (Å²) in [4.78, 5) is 0. The standard InChI is InChI=1S/C48H38/c1-47(2)41-26-11-9-22-39(41)45-37(24-14-28-43(45)47)35-20-7-5-18-33(35)31-16-13-17-32(30-31)34-19-6-8-21-36(34)38-25-15-29-44-46(38)40-23-10-12-27-42(40)48(44,3)4/h5-30H,1-4H3. The minimum Gasteiger partial charge on any atom is -0.0619 e. The Labute approximate surface area is 284 Å². The molecule has 0 fully saturated rings. The Morgan fingerprint density at radius 3 is 1.02 bits per heavy atom. The van der Waals surface area contributed by atoms with E-state index in [0.717, 1.165) is 0 Å². The Balaban J connectivity index is 1.20. The fourth-order valence-corrected chi connectivity index (χ4v) is 8.75. The molecule has 0 N–H and O–H groups in total. The Bertz CT molecular complexity index is 2230. The molecule has 0 aromatic heterocycles. The molecule has 7 aromatic carbocycles. The summed E-state index contributed by atoms with van der Waals surface area (Å²) in [6, 6.07) is 58.6. The van der Waals surface area contributed by atoms with E-state index in [0.29, 0.717) is 0 Å². The molecule has 230 valence electrons. The van der Waals surface area contributed by atoms with Gasteiger partial charge < -0.3 is 0 Å². The average Bonchev–Trinajstić information content (AvgIpc) is 3.52. The SMILES string of the molecule is CC1(C)c2ccccc2-c2c(-c3ccccc3-c3cccc(-c4ccccc4-c4cccc5c4-c4ccccc4C5(C)C)c3)cccc21. The highest BCUT2D eigenvalue weighted by Crippen LogP contribution is 2.54. The molecule has 0 bridgehead atoms. The van der Waals surface area contributed by atoms with Gasteiger partial charge in [-0.2, -0.15) is 0 Å². The van der Waals surface area contributed by atoms with Crippen molar-refractivity contribution in [1.29, 1.82) is 0 Å². The Kier molecular flexibility index (Phi) is 6.30. The van der Waals surface area contributed by atoms with Crippen LogP contribution in [-0.4, -0.2) is 0 Å². The van der Waals surface area contributed by atoms with Crippen LogP contribution in [0, 0.1) is 0 Å². The summed E-state index contributed by atoms with van der Waals surface area (Å²) in [5.74, 6) is 0. The Morgan fingerprint density at radius 1 is 0.271 bits per heavy atom. The van der Waals surface area contributed by atoms with E-state index in [-0.39, 0.29) is 10.8 Å². The van der Waals surface area contributed by atoms with Gasteiger partial charge in [-0.05, 0) is 95.1 Å². The molecule has 0 saturated heterocycles. The van der Waals surface area contributed by atoms with E-state index in [9.17, 15) is 0 Å². The van der Waals surface area contributed by atoms with E-state index in [4.69, 9.17) is 0 Å². The van der Waals surface area contributed by atoms with Gasteiger partial charge in [-0.15, -0.1) is 0 Å². The lowest BCUT2D eigenvalue weighted by Gasteiger charge is -2.22. The van der Waals surface area contributed by atoms with E-state index in [1.807, 2.05) is 0 Å². The molecule has 0 unspecified atom stereocenters. The number of rotatable bonds is 4. The van der Waals surface area contributed by atoms with Crippen molar-refractivity contribution in [2.45, 2.75) is 38.5 Å². The van der Waals surface area contributed by atoms with Gasteiger partial charge in [-0.25, -0.2) is 0 Å². The molecule has 2 aliphatic carbocycles. The lowest BCUT2D eigenvalue weighted by atomic mass is 9.81. The zero-order chi connectivity index (χ0) is 32.6. The third kappa shape index (κ3) is 4.09. The van der Waals surface area contributed by atoms with Crippen molar-refractivity contribution in [3.8, 4) is 66.8 Å². The maximum atomic E-state index is 2.39. The van der Waals surface area contributed by atoms with Crippen LogP contribution in [0.1, 0.15) is 49.9 Å². The largest absolute Gasteiger partial charge is 0.0619 e. The van der Waals surface area contributed by atoms with Gasteiger partial charge in [0, 0.05) is 10.8 Å². The highest BCUT2D eigenvalue weighted by atomic mass is 14.4. The first-order chi connectivity index (χ1) is 23.4. The first-order valence-electron chi connectivity index (χ1n) is 17.1. The van der Waals surface area contributed by atoms with E-state index in [1.54, 1.807) is 0 Å². The van der Waals surface area contributed by atoms with Crippen LogP contribution in [0.15, 0.2) is 158 Å². The van der Waals surface area contributed by atoms with Crippen LogP contribution in [0.25, 0.3) is 66.8 Å². The first-order valence-corrected chi connectivity index (χ1v) is 17.1. The molecule has 9 rings (SSSR count). The second-order valence-corrected chi connectivity index (χ2v) is 14.5. The van der Waals surface area contributed by atoms with Crippen molar-refractivity contribution in [2.75, 3.05) is 0 Å². The molecule has 0 heterocycles. The van der Waals surface area contributed by atoms with E-state index < -0.39 is 0 Å². The molecule has 0 aliphatic heterocycles.